The number of amides is 1. The lowest BCUT2D eigenvalue weighted by Gasteiger charge is -2.11. The molecule has 4 rings (SSSR count). The van der Waals surface area contributed by atoms with Crippen molar-refractivity contribution in [3.05, 3.63) is 116 Å². The number of nitrogens with one attached hydrogen (secondary N) is 1. The van der Waals surface area contributed by atoms with Gasteiger partial charge in [-0.3, -0.25) is 14.9 Å². The van der Waals surface area contributed by atoms with Gasteiger partial charge in [-0.1, -0.05) is 60.7 Å². The minimum absolute atomic E-state index is 0.0158. The third kappa shape index (κ3) is 5.54. The van der Waals surface area contributed by atoms with Crippen molar-refractivity contribution in [1.82, 2.24) is 0 Å². The summed E-state index contributed by atoms with van der Waals surface area (Å²) in [6.45, 7) is 0.372. The Morgan fingerprint density at radius 2 is 1.80 bits per heavy atom. The van der Waals surface area contributed by atoms with Gasteiger partial charge in [0.15, 0.2) is 0 Å². The quantitative estimate of drug-likeness (QED) is 0.125. The Morgan fingerprint density at radius 1 is 1.06 bits per heavy atom. The molecular formula is C27H18BrN3O4. The molecule has 0 fully saturated rings. The van der Waals surface area contributed by atoms with Crippen LogP contribution in [-0.4, -0.2) is 10.8 Å². The zero-order valence-electron chi connectivity index (χ0n) is 18.3. The van der Waals surface area contributed by atoms with Crippen molar-refractivity contribution >= 4 is 50.1 Å². The highest BCUT2D eigenvalue weighted by Gasteiger charge is 2.17. The van der Waals surface area contributed by atoms with E-state index in [1.165, 1.54) is 24.3 Å². The Balaban J connectivity index is 1.50. The first-order chi connectivity index (χ1) is 17.0. The number of halogens is 1. The van der Waals surface area contributed by atoms with Gasteiger partial charge in [0, 0.05) is 6.07 Å². The van der Waals surface area contributed by atoms with Gasteiger partial charge in [-0.05, 0) is 62.1 Å². The second-order valence-corrected chi connectivity index (χ2v) is 8.37. The molecule has 4 aromatic rings. The first kappa shape index (κ1) is 23.7. The lowest BCUT2D eigenvalue weighted by Crippen LogP contribution is -2.14. The molecule has 0 unspecified atom stereocenters. The molecule has 0 radical (unpaired) electrons. The molecule has 0 saturated carbocycles. The van der Waals surface area contributed by atoms with Gasteiger partial charge in [0.05, 0.1) is 9.40 Å². The maximum absolute atomic E-state index is 12.6. The average Bonchev–Trinajstić information content (AvgIpc) is 2.87. The number of para-hydroxylation sites is 2. The number of nitrogens with zero attached hydrogens (tertiary/aromatic N) is 2. The van der Waals surface area contributed by atoms with Crippen LogP contribution in [-0.2, 0) is 11.4 Å². The fraction of sp³-hybridized carbons (Fsp3) is 0.0370. The summed E-state index contributed by atoms with van der Waals surface area (Å²) in [6.07, 6.45) is 1.41. The van der Waals surface area contributed by atoms with Crippen molar-refractivity contribution in [1.29, 1.82) is 5.26 Å². The molecule has 35 heavy (non-hydrogen) atoms. The van der Waals surface area contributed by atoms with Crippen molar-refractivity contribution in [3.8, 4) is 11.8 Å². The van der Waals surface area contributed by atoms with Crippen molar-refractivity contribution in [2.45, 2.75) is 6.61 Å². The Hall–Kier alpha value is -4.48. The van der Waals surface area contributed by atoms with E-state index in [0.29, 0.717) is 22.4 Å². The van der Waals surface area contributed by atoms with E-state index in [4.69, 9.17) is 4.74 Å². The van der Waals surface area contributed by atoms with Gasteiger partial charge in [0.2, 0.25) is 0 Å². The lowest BCUT2D eigenvalue weighted by atomic mass is 10.1. The summed E-state index contributed by atoms with van der Waals surface area (Å²) < 4.78 is 6.66. The molecule has 172 valence electrons. The second-order valence-electron chi connectivity index (χ2n) is 7.52. The van der Waals surface area contributed by atoms with E-state index in [1.807, 2.05) is 30.3 Å². The standard InChI is InChI=1S/C27H18BrN3O4/c28-23-15-18(14-21(16-29)27(32)30-24-10-3-4-11-25(24)31(33)34)12-13-26(23)35-17-20-8-5-7-19-6-1-2-9-22(19)20/h1-15H,17H2,(H,30,32). The van der Waals surface area contributed by atoms with Crippen LogP contribution in [0.25, 0.3) is 16.8 Å². The summed E-state index contributed by atoms with van der Waals surface area (Å²) in [6, 6.07) is 26.9. The highest BCUT2D eigenvalue weighted by atomic mass is 79.9. The van der Waals surface area contributed by atoms with E-state index in [1.54, 1.807) is 24.3 Å². The second kappa shape index (κ2) is 10.6. The van der Waals surface area contributed by atoms with E-state index in [2.05, 4.69) is 39.4 Å². The number of carbonyl (C=O) groups is 1. The molecule has 0 aromatic heterocycles. The number of carbonyl (C=O) groups excluding carboxylic acids is 1. The molecular weight excluding hydrogens is 510 g/mol. The van der Waals surface area contributed by atoms with Crippen molar-refractivity contribution < 1.29 is 14.5 Å². The SMILES string of the molecule is N#CC(=Cc1ccc(OCc2cccc3ccccc23)c(Br)c1)C(=O)Nc1ccccc1[N+](=O)[O-]. The molecule has 0 saturated heterocycles. The molecule has 0 aliphatic rings. The van der Waals surface area contributed by atoms with E-state index < -0.39 is 10.8 Å². The summed E-state index contributed by atoms with van der Waals surface area (Å²) in [4.78, 5) is 23.2. The van der Waals surface area contributed by atoms with Crippen molar-refractivity contribution in [3.63, 3.8) is 0 Å². The van der Waals surface area contributed by atoms with Crippen molar-refractivity contribution in [2.24, 2.45) is 0 Å². The molecule has 1 amide bonds. The predicted molar refractivity (Wildman–Crippen MR) is 138 cm³/mol. The summed E-state index contributed by atoms with van der Waals surface area (Å²) >= 11 is 3.49. The smallest absolute Gasteiger partial charge is 0.292 e. The zero-order valence-corrected chi connectivity index (χ0v) is 19.9. The predicted octanol–water partition coefficient (Wildman–Crippen LogP) is 6.64. The van der Waals surface area contributed by atoms with Gasteiger partial charge >= 0.3 is 0 Å². The molecule has 7 nitrogen and oxygen atoms in total. The van der Waals surface area contributed by atoms with Crippen LogP contribution in [0.2, 0.25) is 0 Å². The van der Waals surface area contributed by atoms with Crippen LogP contribution in [0.5, 0.6) is 5.75 Å². The molecule has 0 aliphatic heterocycles. The number of hydrogen-bond acceptors (Lipinski definition) is 5. The van der Waals surface area contributed by atoms with Gasteiger partial charge in [-0.15, -0.1) is 0 Å². The van der Waals surface area contributed by atoms with Gasteiger partial charge in [-0.2, -0.15) is 5.26 Å². The fourth-order valence-corrected chi connectivity index (χ4v) is 4.05. The Kier molecular flexibility index (Phi) is 7.19. The number of nitriles is 1. The van der Waals surface area contributed by atoms with Crippen LogP contribution >= 0.6 is 15.9 Å². The van der Waals surface area contributed by atoms with E-state index in [-0.39, 0.29) is 16.9 Å². The van der Waals surface area contributed by atoms with Gasteiger partial charge < -0.3 is 10.1 Å². The van der Waals surface area contributed by atoms with Crippen LogP contribution in [0.15, 0.2) is 95.0 Å². The number of anilines is 1. The van der Waals surface area contributed by atoms with E-state index >= 15 is 0 Å². The summed E-state index contributed by atoms with van der Waals surface area (Å²) in [5.41, 5.74) is 1.20. The van der Waals surface area contributed by atoms with Crippen molar-refractivity contribution in [2.75, 3.05) is 5.32 Å². The molecule has 0 atom stereocenters. The van der Waals surface area contributed by atoms with Crippen LogP contribution in [0.3, 0.4) is 0 Å². The number of ether oxygens (including phenoxy) is 1. The molecule has 0 heterocycles. The summed E-state index contributed by atoms with van der Waals surface area (Å²) in [5.74, 6) is -0.132. The maximum atomic E-state index is 12.6. The molecule has 0 bridgehead atoms. The average molecular weight is 528 g/mol. The number of fused-ring (bicyclic) bond motifs is 1. The largest absolute Gasteiger partial charge is 0.488 e. The van der Waals surface area contributed by atoms with Crippen LogP contribution in [0.1, 0.15) is 11.1 Å². The van der Waals surface area contributed by atoms with Gasteiger partial charge in [0.1, 0.15) is 29.7 Å². The van der Waals surface area contributed by atoms with E-state index in [0.717, 1.165) is 16.3 Å². The Morgan fingerprint density at radius 3 is 2.57 bits per heavy atom. The molecule has 0 aliphatic carbocycles. The monoisotopic (exact) mass is 527 g/mol. The van der Waals surface area contributed by atoms with Crippen LogP contribution in [0.4, 0.5) is 11.4 Å². The first-order valence-corrected chi connectivity index (χ1v) is 11.3. The normalized spacial score (nSPS) is 11.0. The fourth-order valence-electron chi connectivity index (χ4n) is 3.54. The number of nitro groups is 1. The molecule has 0 spiro atoms. The highest BCUT2D eigenvalue weighted by molar-refractivity contribution is 9.10. The topological polar surface area (TPSA) is 105 Å². The minimum Gasteiger partial charge on any atom is -0.488 e. The molecule has 8 heteroatoms. The van der Waals surface area contributed by atoms with Gasteiger partial charge in [0.25, 0.3) is 11.6 Å². The maximum Gasteiger partial charge on any atom is 0.292 e. The van der Waals surface area contributed by atoms with E-state index in [9.17, 15) is 20.2 Å². The summed E-state index contributed by atoms with van der Waals surface area (Å²) in [7, 11) is 0. The number of rotatable bonds is 7. The third-order valence-electron chi connectivity index (χ3n) is 5.24. The van der Waals surface area contributed by atoms with Gasteiger partial charge in [-0.25, -0.2) is 0 Å². The number of benzene rings is 4. The van der Waals surface area contributed by atoms with Crippen LogP contribution in [0, 0.1) is 21.4 Å². The number of nitro benzene ring substituents is 1. The molecule has 4 aromatic carbocycles. The minimum atomic E-state index is -0.741. The Bertz CT molecular complexity index is 1500. The molecule has 1 N–H and O–H groups in total. The van der Waals surface area contributed by atoms with Crippen LogP contribution < -0.4 is 10.1 Å². The Labute approximate surface area is 209 Å². The third-order valence-corrected chi connectivity index (χ3v) is 5.86. The zero-order chi connectivity index (χ0) is 24.8. The highest BCUT2D eigenvalue weighted by Crippen LogP contribution is 2.29. The summed E-state index contributed by atoms with van der Waals surface area (Å²) in [5, 5.41) is 25.3. The number of hydrogen-bond donors (Lipinski definition) is 1. The first-order valence-electron chi connectivity index (χ1n) is 10.5. The lowest BCUT2D eigenvalue weighted by molar-refractivity contribution is -0.383.